The molecule has 0 spiro atoms. The van der Waals surface area contributed by atoms with Crippen molar-refractivity contribution in [1.29, 1.82) is 0 Å². The zero-order chi connectivity index (χ0) is 22.8. The van der Waals surface area contributed by atoms with E-state index in [2.05, 4.69) is 4.98 Å². The molecule has 0 atom stereocenters. The summed E-state index contributed by atoms with van der Waals surface area (Å²) >= 11 is 0. The van der Waals surface area contributed by atoms with Gasteiger partial charge in [-0.3, -0.25) is 20.2 Å². The SMILES string of the molecule is O=[N+]([O-])c1cccc(-c2cc(-c3ccc(O)c(O)c3)cc(-c3cccc([N+](=O)[O-])c3)n2)c1. The summed E-state index contributed by atoms with van der Waals surface area (Å²) in [6, 6.07) is 19.6. The number of benzene rings is 3. The number of rotatable bonds is 5. The average molecular weight is 429 g/mol. The summed E-state index contributed by atoms with van der Waals surface area (Å²) in [4.78, 5) is 26.0. The Labute approximate surface area is 181 Å². The van der Waals surface area contributed by atoms with Crippen molar-refractivity contribution < 1.29 is 20.1 Å². The summed E-state index contributed by atoms with van der Waals surface area (Å²) in [7, 11) is 0. The molecule has 0 aliphatic heterocycles. The number of hydrogen-bond donors (Lipinski definition) is 2. The van der Waals surface area contributed by atoms with Crippen molar-refractivity contribution in [3.8, 4) is 45.1 Å². The van der Waals surface area contributed by atoms with Crippen LogP contribution < -0.4 is 0 Å². The van der Waals surface area contributed by atoms with Gasteiger partial charge in [-0.05, 0) is 35.4 Å². The van der Waals surface area contributed by atoms with Gasteiger partial charge in [0.2, 0.25) is 0 Å². The molecule has 0 saturated carbocycles. The first-order valence-electron chi connectivity index (χ1n) is 9.36. The molecule has 2 N–H and O–H groups in total. The Morgan fingerprint density at radius 1 is 0.594 bits per heavy atom. The minimum Gasteiger partial charge on any atom is -0.504 e. The number of aromatic nitrogens is 1. The normalized spacial score (nSPS) is 10.6. The van der Waals surface area contributed by atoms with Crippen molar-refractivity contribution in [2.45, 2.75) is 0 Å². The highest BCUT2D eigenvalue weighted by Gasteiger charge is 2.14. The summed E-state index contributed by atoms with van der Waals surface area (Å²) in [5.41, 5.74) is 2.72. The van der Waals surface area contributed by atoms with Gasteiger partial charge in [0, 0.05) is 35.4 Å². The molecule has 0 saturated heterocycles. The topological polar surface area (TPSA) is 140 Å². The van der Waals surface area contributed by atoms with Gasteiger partial charge >= 0.3 is 0 Å². The first-order chi connectivity index (χ1) is 15.3. The first-order valence-corrected chi connectivity index (χ1v) is 9.36. The summed E-state index contributed by atoms with van der Waals surface area (Å²) in [6.07, 6.45) is 0. The van der Waals surface area contributed by atoms with E-state index in [9.17, 15) is 30.4 Å². The second kappa shape index (κ2) is 8.15. The minimum absolute atomic E-state index is 0.103. The first kappa shape index (κ1) is 20.5. The molecule has 0 fully saturated rings. The molecule has 3 aromatic carbocycles. The molecule has 0 aliphatic rings. The highest BCUT2D eigenvalue weighted by atomic mass is 16.6. The smallest absolute Gasteiger partial charge is 0.270 e. The van der Waals surface area contributed by atoms with Crippen LogP contribution in [0.2, 0.25) is 0 Å². The lowest BCUT2D eigenvalue weighted by atomic mass is 9.99. The zero-order valence-electron chi connectivity index (χ0n) is 16.4. The van der Waals surface area contributed by atoms with Gasteiger partial charge in [-0.25, -0.2) is 4.98 Å². The lowest BCUT2D eigenvalue weighted by Crippen LogP contribution is -1.94. The zero-order valence-corrected chi connectivity index (χ0v) is 16.4. The number of pyridine rings is 1. The van der Waals surface area contributed by atoms with Crippen LogP contribution in [0.5, 0.6) is 11.5 Å². The summed E-state index contributed by atoms with van der Waals surface area (Å²) in [6.45, 7) is 0. The molecule has 0 amide bonds. The van der Waals surface area contributed by atoms with Crippen molar-refractivity contribution in [3.63, 3.8) is 0 Å². The summed E-state index contributed by atoms with van der Waals surface area (Å²) in [5, 5.41) is 41.9. The highest BCUT2D eigenvalue weighted by molar-refractivity contribution is 5.78. The van der Waals surface area contributed by atoms with E-state index in [0.717, 1.165) is 0 Å². The molecule has 4 aromatic rings. The molecule has 1 heterocycles. The third kappa shape index (κ3) is 4.08. The molecular weight excluding hydrogens is 414 g/mol. The monoisotopic (exact) mass is 429 g/mol. The van der Waals surface area contributed by atoms with Crippen molar-refractivity contribution in [3.05, 3.63) is 99.1 Å². The Bertz CT molecular complexity index is 1290. The number of phenols is 2. The van der Waals surface area contributed by atoms with E-state index in [1.54, 1.807) is 42.5 Å². The van der Waals surface area contributed by atoms with E-state index in [1.807, 2.05) is 0 Å². The number of phenolic OH excluding ortho intramolecular Hbond substituents is 2. The van der Waals surface area contributed by atoms with Gasteiger partial charge in [0.1, 0.15) is 0 Å². The van der Waals surface area contributed by atoms with Gasteiger partial charge in [-0.2, -0.15) is 0 Å². The Kier molecular flexibility index (Phi) is 5.22. The van der Waals surface area contributed by atoms with E-state index in [1.165, 1.54) is 36.4 Å². The number of nitro benzene ring substituents is 2. The van der Waals surface area contributed by atoms with Gasteiger partial charge in [0.15, 0.2) is 11.5 Å². The van der Waals surface area contributed by atoms with Crippen LogP contribution in [-0.4, -0.2) is 25.0 Å². The lowest BCUT2D eigenvalue weighted by Gasteiger charge is -2.11. The molecule has 1 aromatic heterocycles. The maximum Gasteiger partial charge on any atom is 0.270 e. The predicted octanol–water partition coefficient (Wildman–Crippen LogP) is 5.31. The van der Waals surface area contributed by atoms with E-state index in [-0.39, 0.29) is 22.9 Å². The van der Waals surface area contributed by atoms with Crippen LogP contribution in [0.25, 0.3) is 33.6 Å². The Hall–Kier alpha value is -4.79. The fraction of sp³-hybridized carbons (Fsp3) is 0. The van der Waals surface area contributed by atoms with Crippen LogP contribution >= 0.6 is 0 Å². The molecule has 0 unspecified atom stereocenters. The lowest BCUT2D eigenvalue weighted by molar-refractivity contribution is -0.385. The number of aromatic hydroxyl groups is 2. The second-order valence-electron chi connectivity index (χ2n) is 6.94. The van der Waals surface area contributed by atoms with Crippen molar-refractivity contribution in [2.24, 2.45) is 0 Å². The molecule has 9 nitrogen and oxygen atoms in total. The number of nitrogens with zero attached hydrogens (tertiary/aromatic N) is 3. The number of non-ortho nitro benzene ring substituents is 2. The van der Waals surface area contributed by atoms with Crippen molar-refractivity contribution in [1.82, 2.24) is 4.98 Å². The maximum atomic E-state index is 11.2. The maximum absolute atomic E-state index is 11.2. The Morgan fingerprint density at radius 3 is 1.59 bits per heavy atom. The molecule has 158 valence electrons. The molecule has 32 heavy (non-hydrogen) atoms. The average Bonchev–Trinajstić information content (AvgIpc) is 2.80. The summed E-state index contributed by atoms with van der Waals surface area (Å²) < 4.78 is 0. The van der Waals surface area contributed by atoms with E-state index in [4.69, 9.17) is 0 Å². The highest BCUT2D eigenvalue weighted by Crippen LogP contribution is 2.35. The third-order valence-corrected chi connectivity index (χ3v) is 4.84. The van der Waals surface area contributed by atoms with Crippen LogP contribution in [0.1, 0.15) is 0 Å². The van der Waals surface area contributed by atoms with Crippen LogP contribution in [0.4, 0.5) is 11.4 Å². The minimum atomic E-state index is -0.507. The predicted molar refractivity (Wildman–Crippen MR) is 117 cm³/mol. The molecule has 0 radical (unpaired) electrons. The second-order valence-corrected chi connectivity index (χ2v) is 6.94. The molecular formula is C23H15N3O6. The van der Waals surface area contributed by atoms with Crippen molar-refractivity contribution in [2.75, 3.05) is 0 Å². The largest absolute Gasteiger partial charge is 0.504 e. The summed E-state index contributed by atoms with van der Waals surface area (Å²) in [5.74, 6) is -0.589. The third-order valence-electron chi connectivity index (χ3n) is 4.84. The Balaban J connectivity index is 1.94. The standard InChI is InChI=1S/C23H15N3O6/c27-22-8-7-14(13-23(22)28)17-11-20(15-3-1-5-18(9-15)25(29)30)24-21(12-17)16-4-2-6-19(10-16)26(31)32/h1-13,27-28H. The fourth-order valence-corrected chi connectivity index (χ4v) is 3.25. The number of hydrogen-bond acceptors (Lipinski definition) is 7. The Morgan fingerprint density at radius 2 is 1.12 bits per heavy atom. The van der Waals surface area contributed by atoms with Crippen LogP contribution in [0.15, 0.2) is 78.9 Å². The van der Waals surface area contributed by atoms with Gasteiger partial charge in [-0.15, -0.1) is 0 Å². The van der Waals surface area contributed by atoms with E-state index in [0.29, 0.717) is 33.6 Å². The van der Waals surface area contributed by atoms with Gasteiger partial charge in [0.25, 0.3) is 11.4 Å². The molecule has 9 heteroatoms. The number of nitro groups is 2. The fourth-order valence-electron chi connectivity index (χ4n) is 3.25. The van der Waals surface area contributed by atoms with E-state index >= 15 is 0 Å². The quantitative estimate of drug-likeness (QED) is 0.249. The molecule has 0 bridgehead atoms. The van der Waals surface area contributed by atoms with Gasteiger partial charge in [0.05, 0.1) is 21.2 Å². The van der Waals surface area contributed by atoms with Gasteiger partial charge < -0.3 is 10.2 Å². The molecule has 4 rings (SSSR count). The van der Waals surface area contributed by atoms with Crippen LogP contribution in [0, 0.1) is 20.2 Å². The van der Waals surface area contributed by atoms with E-state index < -0.39 is 9.85 Å². The van der Waals surface area contributed by atoms with Crippen LogP contribution in [0.3, 0.4) is 0 Å². The molecule has 0 aliphatic carbocycles. The van der Waals surface area contributed by atoms with Crippen LogP contribution in [-0.2, 0) is 0 Å². The van der Waals surface area contributed by atoms with Gasteiger partial charge in [-0.1, -0.05) is 30.3 Å². The van der Waals surface area contributed by atoms with Crippen molar-refractivity contribution >= 4 is 11.4 Å².